The van der Waals surface area contributed by atoms with Crippen molar-refractivity contribution in [3.63, 3.8) is 0 Å². The summed E-state index contributed by atoms with van der Waals surface area (Å²) >= 11 is 0. The average Bonchev–Trinajstić information content (AvgIpc) is 2.68. The van der Waals surface area contributed by atoms with Crippen LogP contribution in [0, 0.1) is 0 Å². The van der Waals surface area contributed by atoms with E-state index in [0.717, 1.165) is 44.2 Å². The van der Waals surface area contributed by atoms with Gasteiger partial charge in [-0.3, -0.25) is 19.9 Å². The number of hydrogen-bond acceptors (Lipinski definition) is 6. The Morgan fingerprint density at radius 1 is 1.11 bits per heavy atom. The fourth-order valence-corrected chi connectivity index (χ4v) is 3.34. The predicted octanol–water partition coefficient (Wildman–Crippen LogP) is 0.810. The minimum Gasteiger partial charge on any atom is -0.486 e. The van der Waals surface area contributed by atoms with Crippen LogP contribution in [0.5, 0.6) is 11.5 Å². The topological polar surface area (TPSA) is 83.1 Å². The highest BCUT2D eigenvalue weighted by Crippen LogP contribution is 2.31. The number of nitrogens with one attached hydrogen (secondary N) is 2. The lowest BCUT2D eigenvalue weighted by Crippen LogP contribution is -2.55. The summed E-state index contributed by atoms with van der Waals surface area (Å²) in [6, 6.07) is 5.31. The van der Waals surface area contributed by atoms with Crippen molar-refractivity contribution in [3.8, 4) is 11.5 Å². The van der Waals surface area contributed by atoms with Gasteiger partial charge in [0, 0.05) is 39.3 Å². The van der Waals surface area contributed by atoms with Gasteiger partial charge in [-0.1, -0.05) is 6.07 Å². The molecule has 0 aromatic heterocycles. The quantitative estimate of drug-likeness (QED) is 0.791. The highest BCUT2D eigenvalue weighted by molar-refractivity contribution is 5.96. The van der Waals surface area contributed by atoms with E-state index in [0.29, 0.717) is 19.8 Å². The van der Waals surface area contributed by atoms with Gasteiger partial charge < -0.3 is 14.8 Å². The summed E-state index contributed by atoms with van der Waals surface area (Å²) in [5.74, 6) is 1.36. The summed E-state index contributed by atoms with van der Waals surface area (Å²) in [5, 5.41) is 4.96. The number of benzene rings is 1. The second-order valence-corrected chi connectivity index (χ2v) is 6.81. The van der Waals surface area contributed by atoms with Gasteiger partial charge in [0.1, 0.15) is 13.2 Å². The van der Waals surface area contributed by atoms with Gasteiger partial charge in [0.25, 0.3) is 0 Å². The maximum Gasteiger partial charge on any atom is 0.321 e. The number of piperazine rings is 1. The third-order valence-electron chi connectivity index (χ3n) is 4.92. The van der Waals surface area contributed by atoms with E-state index in [-0.39, 0.29) is 11.9 Å². The number of urea groups is 1. The standard InChI is InChI=1S/C19H28N4O4/c1-3-20-19(25)21-18(24)14(2)23-8-6-22(7-9-23)13-15-4-5-16-17(12-15)27-11-10-26-16/h4-5,12,14H,3,6-11,13H2,1-2H3,(H2,20,21,24,25)/t14-/m0/s1. The molecule has 0 radical (unpaired) electrons. The molecule has 8 heteroatoms. The summed E-state index contributed by atoms with van der Waals surface area (Å²) in [4.78, 5) is 28.2. The van der Waals surface area contributed by atoms with Crippen LogP contribution in [-0.2, 0) is 11.3 Å². The number of nitrogens with zero attached hydrogens (tertiary/aromatic N) is 2. The van der Waals surface area contributed by atoms with Crippen LogP contribution in [0.1, 0.15) is 19.4 Å². The van der Waals surface area contributed by atoms with Gasteiger partial charge in [0.05, 0.1) is 6.04 Å². The molecule has 0 aliphatic carbocycles. The fourth-order valence-electron chi connectivity index (χ4n) is 3.34. The Bertz CT molecular complexity index is 674. The molecule has 1 atom stereocenters. The molecule has 27 heavy (non-hydrogen) atoms. The number of fused-ring (bicyclic) bond motifs is 1. The van der Waals surface area contributed by atoms with Crippen molar-refractivity contribution in [2.24, 2.45) is 0 Å². The molecule has 148 valence electrons. The van der Waals surface area contributed by atoms with Gasteiger partial charge in [-0.25, -0.2) is 4.79 Å². The first kappa shape index (κ1) is 19.4. The van der Waals surface area contributed by atoms with E-state index >= 15 is 0 Å². The van der Waals surface area contributed by atoms with Crippen LogP contribution >= 0.6 is 0 Å². The molecular weight excluding hydrogens is 348 g/mol. The fraction of sp³-hybridized carbons (Fsp3) is 0.579. The molecule has 0 bridgehead atoms. The summed E-state index contributed by atoms with van der Waals surface area (Å²) in [5.41, 5.74) is 1.19. The second kappa shape index (κ2) is 9.05. The maximum atomic E-state index is 12.2. The van der Waals surface area contributed by atoms with Crippen molar-refractivity contribution in [2.45, 2.75) is 26.4 Å². The molecule has 2 aliphatic heterocycles. The first-order valence-electron chi connectivity index (χ1n) is 9.50. The molecule has 3 rings (SSSR count). The van der Waals surface area contributed by atoms with Crippen LogP contribution in [0.3, 0.4) is 0 Å². The highest BCUT2D eigenvalue weighted by atomic mass is 16.6. The molecule has 3 amide bonds. The van der Waals surface area contributed by atoms with Crippen molar-refractivity contribution in [1.82, 2.24) is 20.4 Å². The largest absolute Gasteiger partial charge is 0.486 e. The van der Waals surface area contributed by atoms with Crippen LogP contribution in [0.15, 0.2) is 18.2 Å². The van der Waals surface area contributed by atoms with Crippen LogP contribution in [0.2, 0.25) is 0 Å². The van der Waals surface area contributed by atoms with Gasteiger partial charge >= 0.3 is 6.03 Å². The number of amides is 3. The molecule has 1 saturated heterocycles. The average molecular weight is 376 g/mol. The zero-order chi connectivity index (χ0) is 19.2. The zero-order valence-electron chi connectivity index (χ0n) is 16.0. The lowest BCUT2D eigenvalue weighted by atomic mass is 10.1. The summed E-state index contributed by atoms with van der Waals surface area (Å²) < 4.78 is 11.2. The van der Waals surface area contributed by atoms with E-state index in [1.165, 1.54) is 5.56 Å². The van der Waals surface area contributed by atoms with Crippen LogP contribution in [-0.4, -0.2) is 73.7 Å². The number of imide groups is 1. The highest BCUT2D eigenvalue weighted by Gasteiger charge is 2.26. The number of hydrogen-bond donors (Lipinski definition) is 2. The molecule has 1 aromatic rings. The van der Waals surface area contributed by atoms with E-state index < -0.39 is 6.03 Å². The number of rotatable bonds is 5. The molecule has 1 fully saturated rings. The van der Waals surface area contributed by atoms with E-state index in [1.54, 1.807) is 0 Å². The zero-order valence-corrected chi connectivity index (χ0v) is 16.0. The van der Waals surface area contributed by atoms with E-state index in [9.17, 15) is 9.59 Å². The van der Waals surface area contributed by atoms with Crippen molar-refractivity contribution in [2.75, 3.05) is 45.9 Å². The molecule has 2 N–H and O–H groups in total. The van der Waals surface area contributed by atoms with Crippen molar-refractivity contribution >= 4 is 11.9 Å². The van der Waals surface area contributed by atoms with Gasteiger partial charge in [0.2, 0.25) is 5.91 Å². The lowest BCUT2D eigenvalue weighted by molar-refractivity contribution is -0.125. The Morgan fingerprint density at radius 3 is 2.52 bits per heavy atom. The van der Waals surface area contributed by atoms with Crippen molar-refractivity contribution in [1.29, 1.82) is 0 Å². The van der Waals surface area contributed by atoms with E-state index in [4.69, 9.17) is 9.47 Å². The Labute approximate surface area is 159 Å². The van der Waals surface area contributed by atoms with Crippen LogP contribution in [0.25, 0.3) is 0 Å². The summed E-state index contributed by atoms with van der Waals surface area (Å²) in [6.07, 6.45) is 0. The molecule has 8 nitrogen and oxygen atoms in total. The molecule has 0 saturated carbocycles. The molecule has 1 aromatic carbocycles. The molecule has 0 spiro atoms. The van der Waals surface area contributed by atoms with E-state index in [1.807, 2.05) is 26.0 Å². The number of carbonyl (C=O) groups is 2. The number of ether oxygens (including phenoxy) is 2. The summed E-state index contributed by atoms with van der Waals surface area (Å²) in [6.45, 7) is 9.48. The Hall–Kier alpha value is -2.32. The minimum atomic E-state index is -0.438. The third-order valence-corrected chi connectivity index (χ3v) is 4.92. The lowest BCUT2D eigenvalue weighted by Gasteiger charge is -2.37. The van der Waals surface area contributed by atoms with Gasteiger partial charge in [0.15, 0.2) is 11.5 Å². The first-order chi connectivity index (χ1) is 13.1. The second-order valence-electron chi connectivity index (χ2n) is 6.81. The molecule has 0 unspecified atom stereocenters. The van der Waals surface area contributed by atoms with Gasteiger partial charge in [-0.05, 0) is 31.5 Å². The van der Waals surface area contributed by atoms with Gasteiger partial charge in [-0.15, -0.1) is 0 Å². The van der Waals surface area contributed by atoms with Crippen molar-refractivity contribution in [3.05, 3.63) is 23.8 Å². The van der Waals surface area contributed by atoms with Gasteiger partial charge in [-0.2, -0.15) is 0 Å². The smallest absolute Gasteiger partial charge is 0.321 e. The SMILES string of the molecule is CCNC(=O)NC(=O)[C@H](C)N1CCN(Cc2ccc3c(c2)OCCO3)CC1. The van der Waals surface area contributed by atoms with Crippen LogP contribution < -0.4 is 20.1 Å². The maximum absolute atomic E-state index is 12.2. The normalized spacial score (nSPS) is 18.6. The summed E-state index contributed by atoms with van der Waals surface area (Å²) in [7, 11) is 0. The Morgan fingerprint density at radius 2 is 1.81 bits per heavy atom. The Kier molecular flexibility index (Phi) is 6.52. The van der Waals surface area contributed by atoms with E-state index in [2.05, 4.69) is 26.5 Å². The minimum absolute atomic E-state index is 0.263. The Balaban J connectivity index is 1.47. The number of carbonyl (C=O) groups excluding carboxylic acids is 2. The monoisotopic (exact) mass is 376 g/mol. The predicted molar refractivity (Wildman–Crippen MR) is 101 cm³/mol. The third kappa shape index (κ3) is 5.11. The molecule has 2 heterocycles. The van der Waals surface area contributed by atoms with Crippen molar-refractivity contribution < 1.29 is 19.1 Å². The van der Waals surface area contributed by atoms with Crippen LogP contribution in [0.4, 0.5) is 4.79 Å². The first-order valence-corrected chi connectivity index (χ1v) is 9.50. The molecular formula is C19H28N4O4. The molecule has 2 aliphatic rings.